The molecule has 1 heterocycles. The Morgan fingerprint density at radius 3 is 2.90 bits per heavy atom. The van der Waals surface area contributed by atoms with Crippen LogP contribution in [0, 0.1) is 0 Å². The number of amides is 1. The van der Waals surface area contributed by atoms with Gasteiger partial charge in [0.2, 0.25) is 5.91 Å². The van der Waals surface area contributed by atoms with E-state index >= 15 is 0 Å². The number of nitrogens with zero attached hydrogens (tertiary/aromatic N) is 2. The van der Waals surface area contributed by atoms with Gasteiger partial charge in [0.1, 0.15) is 12.3 Å². The third-order valence-electron chi connectivity index (χ3n) is 4.03. The highest BCUT2D eigenvalue weighted by Gasteiger charge is 2.29. The zero-order valence-electron chi connectivity index (χ0n) is 12.7. The molecule has 1 aliphatic rings. The number of fused-ring (bicyclic) bond motifs is 1. The van der Waals surface area contributed by atoms with Crippen LogP contribution in [-0.4, -0.2) is 35.1 Å². The van der Waals surface area contributed by atoms with Crippen LogP contribution in [0.5, 0.6) is 5.75 Å². The number of hydrogen-bond acceptors (Lipinski definition) is 2. The minimum Gasteiger partial charge on any atom is -0.493 e. The van der Waals surface area contributed by atoms with E-state index in [1.165, 1.54) is 0 Å². The van der Waals surface area contributed by atoms with Crippen molar-refractivity contribution in [3.8, 4) is 5.75 Å². The largest absolute Gasteiger partial charge is 0.493 e. The standard InChI is InChI=1S/C17H22N2O2/c1-3-11-21-16-6-4-5-15-14(16)9-10-19(15)12-17(20)18(2)13-7-8-13/h4-6,9-10,13H,3,7-8,11-12H2,1-2H3. The number of carbonyl (C=O) groups is 1. The zero-order chi connectivity index (χ0) is 14.8. The third-order valence-corrected chi connectivity index (χ3v) is 4.03. The van der Waals surface area contributed by atoms with Gasteiger partial charge in [0.05, 0.1) is 12.1 Å². The Hall–Kier alpha value is -1.97. The van der Waals surface area contributed by atoms with Crippen molar-refractivity contribution in [3.05, 3.63) is 30.5 Å². The van der Waals surface area contributed by atoms with E-state index in [2.05, 4.69) is 6.92 Å². The Balaban J connectivity index is 1.81. The van der Waals surface area contributed by atoms with Gasteiger partial charge in [-0.1, -0.05) is 13.0 Å². The summed E-state index contributed by atoms with van der Waals surface area (Å²) >= 11 is 0. The summed E-state index contributed by atoms with van der Waals surface area (Å²) in [6.45, 7) is 3.21. The van der Waals surface area contributed by atoms with Crippen LogP contribution in [0.2, 0.25) is 0 Å². The number of aromatic nitrogens is 1. The smallest absolute Gasteiger partial charge is 0.242 e. The first kappa shape index (κ1) is 14.0. The molecule has 0 bridgehead atoms. The van der Waals surface area contributed by atoms with Crippen molar-refractivity contribution in [1.82, 2.24) is 9.47 Å². The highest BCUT2D eigenvalue weighted by molar-refractivity contribution is 5.88. The number of rotatable bonds is 6. The Labute approximate surface area is 125 Å². The molecule has 0 saturated heterocycles. The van der Waals surface area contributed by atoms with Gasteiger partial charge in [-0.3, -0.25) is 4.79 Å². The van der Waals surface area contributed by atoms with Crippen molar-refractivity contribution >= 4 is 16.8 Å². The summed E-state index contributed by atoms with van der Waals surface area (Å²) in [5, 5.41) is 1.08. The van der Waals surface area contributed by atoms with Gasteiger partial charge in [0, 0.05) is 24.7 Å². The van der Waals surface area contributed by atoms with Gasteiger partial charge < -0.3 is 14.2 Å². The molecule has 0 aliphatic heterocycles. The molecule has 112 valence electrons. The van der Waals surface area contributed by atoms with Crippen LogP contribution in [0.1, 0.15) is 26.2 Å². The lowest BCUT2D eigenvalue weighted by atomic mass is 10.2. The van der Waals surface area contributed by atoms with E-state index < -0.39 is 0 Å². The van der Waals surface area contributed by atoms with Crippen LogP contribution in [0.3, 0.4) is 0 Å². The first-order valence-corrected chi connectivity index (χ1v) is 7.67. The summed E-state index contributed by atoms with van der Waals surface area (Å²) in [4.78, 5) is 14.1. The summed E-state index contributed by atoms with van der Waals surface area (Å²) in [6, 6.07) is 8.51. The molecule has 21 heavy (non-hydrogen) atoms. The molecule has 0 spiro atoms. The van der Waals surface area contributed by atoms with Crippen molar-refractivity contribution in [1.29, 1.82) is 0 Å². The molecule has 0 radical (unpaired) electrons. The fraction of sp³-hybridized carbons (Fsp3) is 0.471. The molecule has 1 aliphatic carbocycles. The average Bonchev–Trinajstić information content (AvgIpc) is 3.27. The fourth-order valence-electron chi connectivity index (χ4n) is 2.59. The molecule has 0 atom stereocenters. The topological polar surface area (TPSA) is 34.5 Å². The summed E-state index contributed by atoms with van der Waals surface area (Å²) in [7, 11) is 1.90. The van der Waals surface area contributed by atoms with Crippen LogP contribution >= 0.6 is 0 Å². The van der Waals surface area contributed by atoms with Crippen LogP contribution < -0.4 is 4.74 Å². The van der Waals surface area contributed by atoms with E-state index in [0.29, 0.717) is 19.2 Å². The summed E-state index contributed by atoms with van der Waals surface area (Å²) < 4.78 is 7.78. The van der Waals surface area contributed by atoms with E-state index in [1.54, 1.807) is 0 Å². The molecule has 1 amide bonds. The molecular weight excluding hydrogens is 264 g/mol. The summed E-state index contributed by atoms with van der Waals surface area (Å²) in [5.74, 6) is 1.07. The maximum Gasteiger partial charge on any atom is 0.242 e. The first-order chi connectivity index (χ1) is 10.2. The summed E-state index contributed by atoms with van der Waals surface area (Å²) in [6.07, 6.45) is 5.25. The number of hydrogen-bond donors (Lipinski definition) is 0. The Bertz CT molecular complexity index is 643. The number of ether oxygens (including phenoxy) is 1. The monoisotopic (exact) mass is 286 g/mol. The molecule has 1 saturated carbocycles. The predicted octanol–water partition coefficient (Wildman–Crippen LogP) is 3.05. The second kappa shape index (κ2) is 5.80. The molecule has 1 aromatic heterocycles. The van der Waals surface area contributed by atoms with Gasteiger partial charge in [-0.15, -0.1) is 0 Å². The molecule has 2 aromatic rings. The lowest BCUT2D eigenvalue weighted by Crippen LogP contribution is -2.31. The summed E-state index contributed by atoms with van der Waals surface area (Å²) in [5.41, 5.74) is 1.06. The maximum absolute atomic E-state index is 12.3. The van der Waals surface area contributed by atoms with Gasteiger partial charge in [0.25, 0.3) is 0 Å². The molecule has 3 rings (SSSR count). The van der Waals surface area contributed by atoms with Crippen LogP contribution in [0.15, 0.2) is 30.5 Å². The molecule has 0 unspecified atom stereocenters. The van der Waals surface area contributed by atoms with E-state index in [-0.39, 0.29) is 5.91 Å². The van der Waals surface area contributed by atoms with Gasteiger partial charge in [-0.05, 0) is 37.5 Å². The predicted molar refractivity (Wildman–Crippen MR) is 83.5 cm³/mol. The Kier molecular flexibility index (Phi) is 3.86. The second-order valence-corrected chi connectivity index (χ2v) is 5.72. The highest BCUT2D eigenvalue weighted by Crippen LogP contribution is 2.28. The highest BCUT2D eigenvalue weighted by atomic mass is 16.5. The lowest BCUT2D eigenvalue weighted by molar-refractivity contribution is -0.130. The van der Waals surface area contributed by atoms with Crippen molar-refractivity contribution in [3.63, 3.8) is 0 Å². The van der Waals surface area contributed by atoms with Crippen molar-refractivity contribution < 1.29 is 9.53 Å². The third kappa shape index (κ3) is 2.89. The number of benzene rings is 1. The van der Waals surface area contributed by atoms with Crippen LogP contribution in [0.25, 0.3) is 10.9 Å². The van der Waals surface area contributed by atoms with E-state index in [9.17, 15) is 4.79 Å². The number of carbonyl (C=O) groups excluding carboxylic acids is 1. The van der Waals surface area contributed by atoms with E-state index in [0.717, 1.165) is 35.9 Å². The number of likely N-dealkylation sites (N-methyl/N-ethyl adjacent to an activating group) is 1. The van der Waals surface area contributed by atoms with Gasteiger partial charge in [-0.25, -0.2) is 0 Å². The molecule has 1 fully saturated rings. The van der Waals surface area contributed by atoms with Gasteiger partial charge in [0.15, 0.2) is 0 Å². The van der Waals surface area contributed by atoms with E-state index in [1.807, 2.05) is 47.0 Å². The first-order valence-electron chi connectivity index (χ1n) is 7.67. The average molecular weight is 286 g/mol. The van der Waals surface area contributed by atoms with Gasteiger partial charge >= 0.3 is 0 Å². The minimum absolute atomic E-state index is 0.176. The molecular formula is C17H22N2O2. The Morgan fingerprint density at radius 2 is 2.19 bits per heavy atom. The van der Waals surface area contributed by atoms with Crippen LogP contribution in [0.4, 0.5) is 0 Å². The molecule has 4 heteroatoms. The zero-order valence-corrected chi connectivity index (χ0v) is 12.7. The minimum atomic E-state index is 0.176. The van der Waals surface area contributed by atoms with Gasteiger partial charge in [-0.2, -0.15) is 0 Å². The van der Waals surface area contributed by atoms with E-state index in [4.69, 9.17) is 4.74 Å². The quantitative estimate of drug-likeness (QED) is 0.818. The van der Waals surface area contributed by atoms with Crippen molar-refractivity contribution in [2.75, 3.05) is 13.7 Å². The lowest BCUT2D eigenvalue weighted by Gasteiger charge is -2.17. The SMILES string of the molecule is CCCOc1cccc2c1ccn2CC(=O)N(C)C1CC1. The second-order valence-electron chi connectivity index (χ2n) is 5.72. The molecule has 1 aromatic carbocycles. The normalized spacial score (nSPS) is 14.4. The molecule has 4 nitrogen and oxygen atoms in total. The molecule has 0 N–H and O–H groups in total. The Morgan fingerprint density at radius 1 is 1.38 bits per heavy atom. The van der Waals surface area contributed by atoms with Crippen molar-refractivity contribution in [2.24, 2.45) is 0 Å². The maximum atomic E-state index is 12.3. The van der Waals surface area contributed by atoms with Crippen LogP contribution in [-0.2, 0) is 11.3 Å². The van der Waals surface area contributed by atoms with Crippen molar-refractivity contribution in [2.45, 2.75) is 38.8 Å². The fourth-order valence-corrected chi connectivity index (χ4v) is 2.59.